The van der Waals surface area contributed by atoms with Gasteiger partial charge in [-0.2, -0.15) is 0 Å². The van der Waals surface area contributed by atoms with Gasteiger partial charge in [0.1, 0.15) is 17.9 Å². The largest absolute Gasteiger partial charge is 0.437 e. The molecule has 0 saturated carbocycles. The standard InChI is InChI=1S/C36H37ClFN5O5/c1-23-17-25(19-26(37)18-23)33(44)42-14-11-29(30(20-42)24-5-3-2-4-6-24)34(45)41-15-12-36(47,13-16-41)21-43-22-40-32(31(39)35(43)46)48-28-9-7-27(38)8-10-28/h2-10,17-19,22,29-30,47H,11-16,20-21,39H2,1H3/t29-,30+/m1/s1. The fraction of sp³-hybridized carbons (Fsp3) is 0.333. The topological polar surface area (TPSA) is 131 Å². The second kappa shape index (κ2) is 13.8. The molecule has 0 unspecified atom stereocenters. The molecule has 12 heteroatoms. The van der Waals surface area contributed by atoms with Gasteiger partial charge in [0.2, 0.25) is 11.8 Å². The van der Waals surface area contributed by atoms with E-state index < -0.39 is 17.0 Å². The summed E-state index contributed by atoms with van der Waals surface area (Å²) in [5, 5.41) is 12.0. The molecular formula is C36H37ClFN5O5. The lowest BCUT2D eigenvalue weighted by molar-refractivity contribution is -0.142. The lowest BCUT2D eigenvalue weighted by Gasteiger charge is -2.43. The molecule has 3 aromatic carbocycles. The van der Waals surface area contributed by atoms with E-state index in [1.807, 2.05) is 49.4 Å². The molecule has 1 aromatic heterocycles. The molecule has 2 fully saturated rings. The highest BCUT2D eigenvalue weighted by atomic mass is 35.5. The van der Waals surface area contributed by atoms with Crippen molar-refractivity contribution in [3.05, 3.63) is 117 Å². The zero-order valence-electron chi connectivity index (χ0n) is 26.5. The summed E-state index contributed by atoms with van der Waals surface area (Å²) in [5.74, 6) is -0.953. The highest BCUT2D eigenvalue weighted by Gasteiger charge is 2.41. The number of aromatic nitrogens is 2. The number of halogens is 2. The Balaban J connectivity index is 1.12. The Hall–Kier alpha value is -4.74. The number of ether oxygens (including phenoxy) is 1. The number of carbonyl (C=O) groups excluding carboxylic acids is 2. The quantitative estimate of drug-likeness (QED) is 0.282. The molecule has 0 radical (unpaired) electrons. The highest BCUT2D eigenvalue weighted by Crippen LogP contribution is 2.36. The zero-order chi connectivity index (χ0) is 34.0. The minimum Gasteiger partial charge on any atom is -0.437 e. The first-order chi connectivity index (χ1) is 23.0. The molecule has 2 saturated heterocycles. The number of benzene rings is 3. The Morgan fingerprint density at radius 1 is 1.04 bits per heavy atom. The average molecular weight is 674 g/mol. The third kappa shape index (κ3) is 7.22. The SMILES string of the molecule is Cc1cc(Cl)cc(C(=O)N2CC[C@@H](C(=O)N3CCC(O)(Cn4cnc(Oc5ccc(F)cc5)c(N)c4=O)CC3)[C@H](c3ccccc3)C2)c1. The van der Waals surface area contributed by atoms with Crippen LogP contribution in [0.15, 0.2) is 83.9 Å². The summed E-state index contributed by atoms with van der Waals surface area (Å²) in [6.45, 7) is 3.27. The van der Waals surface area contributed by atoms with E-state index in [9.17, 15) is 23.9 Å². The number of anilines is 1. The van der Waals surface area contributed by atoms with Crippen LogP contribution in [0, 0.1) is 18.7 Å². The van der Waals surface area contributed by atoms with Gasteiger partial charge in [-0.1, -0.05) is 41.9 Å². The number of likely N-dealkylation sites (tertiary alicyclic amines) is 2. The van der Waals surface area contributed by atoms with E-state index in [0.29, 0.717) is 43.2 Å². The van der Waals surface area contributed by atoms with Gasteiger partial charge in [-0.15, -0.1) is 0 Å². The third-order valence-electron chi connectivity index (χ3n) is 9.27. The summed E-state index contributed by atoms with van der Waals surface area (Å²) in [4.78, 5) is 48.4. The van der Waals surface area contributed by atoms with Crippen LogP contribution in [0.1, 0.15) is 46.7 Å². The highest BCUT2D eigenvalue weighted by molar-refractivity contribution is 6.31. The van der Waals surface area contributed by atoms with Crippen LogP contribution < -0.4 is 16.0 Å². The van der Waals surface area contributed by atoms with Crippen molar-refractivity contribution in [3.8, 4) is 11.6 Å². The number of hydrogen-bond donors (Lipinski definition) is 2. The number of carbonyl (C=O) groups is 2. The Labute approximate surface area is 282 Å². The fourth-order valence-corrected chi connectivity index (χ4v) is 6.95. The van der Waals surface area contributed by atoms with Crippen molar-refractivity contribution in [1.29, 1.82) is 0 Å². The normalized spacial score (nSPS) is 19.2. The average Bonchev–Trinajstić information content (AvgIpc) is 3.08. The molecule has 2 atom stereocenters. The van der Waals surface area contributed by atoms with Crippen LogP contribution in [0.4, 0.5) is 10.1 Å². The molecule has 2 aliphatic heterocycles. The maximum atomic E-state index is 14.1. The second-order valence-corrected chi connectivity index (χ2v) is 13.1. The van der Waals surface area contributed by atoms with Gasteiger partial charge in [-0.05, 0) is 79.8 Å². The first-order valence-corrected chi connectivity index (χ1v) is 16.3. The summed E-state index contributed by atoms with van der Waals surface area (Å²) in [5.41, 5.74) is 6.37. The molecule has 2 amide bonds. The summed E-state index contributed by atoms with van der Waals surface area (Å²) in [6, 6.07) is 20.3. The number of nitrogens with zero attached hydrogens (tertiary/aromatic N) is 4. The summed E-state index contributed by atoms with van der Waals surface area (Å²) < 4.78 is 20.0. The van der Waals surface area contributed by atoms with Crippen molar-refractivity contribution in [2.24, 2.45) is 5.92 Å². The Morgan fingerprint density at radius 3 is 2.44 bits per heavy atom. The van der Waals surface area contributed by atoms with Crippen molar-refractivity contribution in [3.63, 3.8) is 0 Å². The summed E-state index contributed by atoms with van der Waals surface area (Å²) >= 11 is 6.25. The number of hydrogen-bond acceptors (Lipinski definition) is 7. The fourth-order valence-electron chi connectivity index (χ4n) is 6.66. The number of nitrogen functional groups attached to an aromatic ring is 1. The number of aliphatic hydroxyl groups is 1. The molecule has 10 nitrogen and oxygen atoms in total. The monoisotopic (exact) mass is 673 g/mol. The number of rotatable bonds is 7. The first kappa shape index (κ1) is 33.2. The minimum atomic E-state index is -1.27. The molecule has 3 heterocycles. The molecule has 0 aliphatic carbocycles. The van der Waals surface area contributed by atoms with Gasteiger partial charge < -0.3 is 25.4 Å². The van der Waals surface area contributed by atoms with Crippen molar-refractivity contribution in [1.82, 2.24) is 19.4 Å². The van der Waals surface area contributed by atoms with Gasteiger partial charge in [0.25, 0.3) is 11.5 Å². The molecule has 0 spiro atoms. The van der Waals surface area contributed by atoms with Crippen LogP contribution in [-0.4, -0.2) is 68.1 Å². The van der Waals surface area contributed by atoms with E-state index >= 15 is 0 Å². The van der Waals surface area contributed by atoms with Crippen LogP contribution >= 0.6 is 11.6 Å². The van der Waals surface area contributed by atoms with Gasteiger partial charge in [-0.3, -0.25) is 19.0 Å². The lowest BCUT2D eigenvalue weighted by atomic mass is 9.79. The van der Waals surface area contributed by atoms with E-state index in [1.54, 1.807) is 15.9 Å². The summed E-state index contributed by atoms with van der Waals surface area (Å²) in [6.07, 6.45) is 2.26. The first-order valence-electron chi connectivity index (χ1n) is 15.9. The van der Waals surface area contributed by atoms with E-state index in [4.69, 9.17) is 22.1 Å². The van der Waals surface area contributed by atoms with E-state index in [2.05, 4.69) is 4.98 Å². The molecule has 6 rings (SSSR count). The molecule has 4 aromatic rings. The number of aryl methyl sites for hydroxylation is 1. The van der Waals surface area contributed by atoms with E-state index in [-0.39, 0.29) is 60.4 Å². The molecule has 48 heavy (non-hydrogen) atoms. The van der Waals surface area contributed by atoms with Crippen LogP contribution in [0.3, 0.4) is 0 Å². The van der Waals surface area contributed by atoms with Gasteiger partial charge in [0.15, 0.2) is 5.69 Å². The van der Waals surface area contributed by atoms with Gasteiger partial charge >= 0.3 is 0 Å². The Kier molecular flexibility index (Phi) is 9.52. The van der Waals surface area contributed by atoms with E-state index in [1.165, 1.54) is 35.2 Å². The summed E-state index contributed by atoms with van der Waals surface area (Å²) in [7, 11) is 0. The zero-order valence-corrected chi connectivity index (χ0v) is 27.3. The molecule has 3 N–H and O–H groups in total. The molecule has 250 valence electrons. The maximum absolute atomic E-state index is 14.1. The van der Waals surface area contributed by atoms with Crippen molar-refractivity contribution >= 4 is 29.1 Å². The van der Waals surface area contributed by atoms with Gasteiger partial charge in [-0.25, -0.2) is 9.37 Å². The van der Waals surface area contributed by atoms with Crippen LogP contribution in [0.2, 0.25) is 5.02 Å². The van der Waals surface area contributed by atoms with Crippen LogP contribution in [0.25, 0.3) is 0 Å². The molecular weight excluding hydrogens is 637 g/mol. The van der Waals surface area contributed by atoms with Gasteiger partial charge in [0.05, 0.1) is 12.1 Å². The van der Waals surface area contributed by atoms with Gasteiger partial charge in [0, 0.05) is 48.6 Å². The Morgan fingerprint density at radius 2 is 1.75 bits per heavy atom. The number of piperidine rings is 2. The van der Waals surface area contributed by atoms with Crippen molar-refractivity contribution < 1.29 is 23.8 Å². The smallest absolute Gasteiger partial charge is 0.280 e. The third-order valence-corrected chi connectivity index (χ3v) is 9.49. The van der Waals surface area contributed by atoms with Crippen LogP contribution in [-0.2, 0) is 11.3 Å². The van der Waals surface area contributed by atoms with Crippen molar-refractivity contribution in [2.45, 2.75) is 44.2 Å². The number of nitrogens with two attached hydrogens (primary N) is 1. The van der Waals surface area contributed by atoms with E-state index in [0.717, 1.165) is 11.1 Å². The second-order valence-electron chi connectivity index (χ2n) is 12.7. The Bertz CT molecular complexity index is 1840. The predicted molar refractivity (Wildman–Crippen MR) is 180 cm³/mol. The molecule has 0 bridgehead atoms. The van der Waals surface area contributed by atoms with Crippen LogP contribution in [0.5, 0.6) is 11.6 Å². The maximum Gasteiger partial charge on any atom is 0.280 e. The van der Waals surface area contributed by atoms with Crippen molar-refractivity contribution in [2.75, 3.05) is 31.9 Å². The minimum absolute atomic E-state index is 0.0121. The molecule has 2 aliphatic rings. The number of amides is 2. The predicted octanol–water partition coefficient (Wildman–Crippen LogP) is 5.02. The lowest BCUT2D eigenvalue weighted by Crippen LogP contribution is -2.53.